The average molecular weight is 288 g/mol. The number of hydrogen-bond acceptors (Lipinski definition) is 4. The van der Waals surface area contributed by atoms with Gasteiger partial charge in [0.05, 0.1) is 0 Å². The van der Waals surface area contributed by atoms with Gasteiger partial charge >= 0.3 is 12.0 Å². The van der Waals surface area contributed by atoms with Gasteiger partial charge in [-0.05, 0) is 13.3 Å². The second-order valence-electron chi connectivity index (χ2n) is 4.61. The molecule has 19 heavy (non-hydrogen) atoms. The molecule has 0 radical (unpaired) electrons. The third kappa shape index (κ3) is 5.10. The minimum atomic E-state index is -0.936. The van der Waals surface area contributed by atoms with Crippen molar-refractivity contribution in [2.24, 2.45) is 0 Å². The van der Waals surface area contributed by atoms with Gasteiger partial charge in [-0.15, -0.1) is 0 Å². The van der Waals surface area contributed by atoms with E-state index < -0.39 is 11.9 Å². The Balaban J connectivity index is 2.37. The van der Waals surface area contributed by atoms with E-state index in [1.807, 2.05) is 18.7 Å². The fraction of sp³-hybridized carbons (Fsp3) is 0.750. The van der Waals surface area contributed by atoms with Gasteiger partial charge in [-0.3, -0.25) is 14.9 Å². The number of carbonyl (C=O) groups is 3. The van der Waals surface area contributed by atoms with E-state index in [2.05, 4.69) is 12.2 Å². The Bertz CT molecular complexity index is 362. The summed E-state index contributed by atoms with van der Waals surface area (Å²) < 4.78 is 0. The van der Waals surface area contributed by atoms with Crippen LogP contribution in [0, 0.1) is 0 Å². The standard InChI is InChI=1S/C12H20N2O4S/c1-8-9(2)19-7-6-14(8)12(18)13-10(15)4-3-5-11(16)17/h8-9H,3-7H2,1-2H3,(H,16,17)(H,13,15,18). The Kier molecular flexibility index (Phi) is 6.14. The number of imide groups is 1. The maximum atomic E-state index is 11.9. The molecule has 0 saturated carbocycles. The molecule has 0 bridgehead atoms. The maximum absolute atomic E-state index is 11.9. The molecule has 7 heteroatoms. The zero-order valence-electron chi connectivity index (χ0n) is 11.2. The van der Waals surface area contributed by atoms with Crippen molar-refractivity contribution < 1.29 is 19.5 Å². The van der Waals surface area contributed by atoms with Crippen LogP contribution >= 0.6 is 11.8 Å². The lowest BCUT2D eigenvalue weighted by atomic mass is 10.2. The fourth-order valence-corrected chi connectivity index (χ4v) is 2.97. The molecule has 1 aliphatic heterocycles. The molecule has 1 aliphatic rings. The van der Waals surface area contributed by atoms with E-state index in [1.54, 1.807) is 4.90 Å². The lowest BCUT2D eigenvalue weighted by molar-refractivity contribution is -0.137. The number of amides is 3. The third-order valence-electron chi connectivity index (χ3n) is 3.19. The SMILES string of the molecule is CC1SCCN(C(=O)NC(=O)CCCC(=O)O)C1C. The number of carboxylic acids is 1. The van der Waals surface area contributed by atoms with Crippen LogP contribution in [-0.2, 0) is 9.59 Å². The maximum Gasteiger partial charge on any atom is 0.324 e. The molecule has 2 N–H and O–H groups in total. The minimum absolute atomic E-state index is 0.0601. The number of aliphatic carboxylic acids is 1. The molecule has 0 aromatic rings. The third-order valence-corrected chi connectivity index (χ3v) is 4.52. The largest absolute Gasteiger partial charge is 0.481 e. The molecular formula is C12H20N2O4S. The van der Waals surface area contributed by atoms with Gasteiger partial charge in [0.2, 0.25) is 5.91 Å². The molecule has 2 atom stereocenters. The van der Waals surface area contributed by atoms with Gasteiger partial charge in [-0.25, -0.2) is 4.79 Å². The summed E-state index contributed by atoms with van der Waals surface area (Å²) in [5, 5.41) is 11.1. The monoisotopic (exact) mass is 288 g/mol. The zero-order valence-corrected chi connectivity index (χ0v) is 12.0. The van der Waals surface area contributed by atoms with Gasteiger partial charge in [0.25, 0.3) is 0 Å². The van der Waals surface area contributed by atoms with Crippen molar-refractivity contribution in [3.63, 3.8) is 0 Å². The van der Waals surface area contributed by atoms with Crippen LogP contribution in [0.3, 0.4) is 0 Å². The van der Waals surface area contributed by atoms with Crippen LogP contribution in [0.25, 0.3) is 0 Å². The quantitative estimate of drug-likeness (QED) is 0.814. The molecule has 108 valence electrons. The predicted octanol–water partition coefficient (Wildman–Crippen LogP) is 1.30. The number of carbonyl (C=O) groups excluding carboxylic acids is 2. The summed E-state index contributed by atoms with van der Waals surface area (Å²) in [5.41, 5.74) is 0. The Morgan fingerprint density at radius 2 is 2.00 bits per heavy atom. The number of thioether (sulfide) groups is 1. The molecule has 1 rings (SSSR count). The summed E-state index contributed by atoms with van der Waals surface area (Å²) in [6.07, 6.45) is 0.246. The van der Waals surface area contributed by atoms with Gasteiger partial charge in [-0.1, -0.05) is 6.92 Å². The van der Waals surface area contributed by atoms with Gasteiger partial charge in [0.1, 0.15) is 0 Å². The summed E-state index contributed by atoms with van der Waals surface area (Å²) in [6, 6.07) is -0.287. The van der Waals surface area contributed by atoms with Crippen molar-refractivity contribution in [2.75, 3.05) is 12.3 Å². The molecule has 1 heterocycles. The topological polar surface area (TPSA) is 86.7 Å². The summed E-state index contributed by atoms with van der Waals surface area (Å²) in [6.45, 7) is 4.65. The average Bonchev–Trinajstić information content (AvgIpc) is 2.31. The second-order valence-corrected chi connectivity index (χ2v) is 6.10. The number of carboxylic acid groups (broad SMARTS) is 1. The Morgan fingerprint density at radius 1 is 1.32 bits per heavy atom. The lowest BCUT2D eigenvalue weighted by Gasteiger charge is -2.37. The number of urea groups is 1. The molecular weight excluding hydrogens is 268 g/mol. The second kappa shape index (κ2) is 7.37. The van der Waals surface area contributed by atoms with E-state index >= 15 is 0 Å². The fourth-order valence-electron chi connectivity index (χ4n) is 1.87. The Morgan fingerprint density at radius 3 is 2.63 bits per heavy atom. The highest BCUT2D eigenvalue weighted by atomic mass is 32.2. The molecule has 3 amide bonds. The first-order chi connectivity index (χ1) is 8.91. The van der Waals surface area contributed by atoms with E-state index in [4.69, 9.17) is 5.11 Å². The molecule has 0 spiro atoms. The summed E-state index contributed by atoms with van der Waals surface area (Å²) in [4.78, 5) is 35.4. The van der Waals surface area contributed by atoms with Crippen LogP contribution in [0.4, 0.5) is 4.79 Å². The number of rotatable bonds is 4. The van der Waals surface area contributed by atoms with Crippen LogP contribution in [0.15, 0.2) is 0 Å². The Hall–Kier alpha value is -1.24. The van der Waals surface area contributed by atoms with Crippen molar-refractivity contribution in [3.8, 4) is 0 Å². The molecule has 2 unspecified atom stereocenters. The highest BCUT2D eigenvalue weighted by Crippen LogP contribution is 2.23. The van der Waals surface area contributed by atoms with Crippen molar-refractivity contribution in [2.45, 2.75) is 44.4 Å². The van der Waals surface area contributed by atoms with Crippen molar-refractivity contribution in [1.29, 1.82) is 0 Å². The van der Waals surface area contributed by atoms with E-state index in [-0.39, 0.29) is 31.3 Å². The smallest absolute Gasteiger partial charge is 0.324 e. The zero-order chi connectivity index (χ0) is 14.4. The highest BCUT2D eigenvalue weighted by molar-refractivity contribution is 8.00. The minimum Gasteiger partial charge on any atom is -0.481 e. The van der Waals surface area contributed by atoms with Crippen molar-refractivity contribution in [1.82, 2.24) is 10.2 Å². The molecule has 0 aromatic heterocycles. The van der Waals surface area contributed by atoms with E-state index in [1.165, 1.54) is 0 Å². The summed E-state index contributed by atoms with van der Waals surface area (Å²) >= 11 is 1.81. The summed E-state index contributed by atoms with van der Waals surface area (Å²) in [7, 11) is 0. The summed E-state index contributed by atoms with van der Waals surface area (Å²) in [5.74, 6) is -0.481. The van der Waals surface area contributed by atoms with E-state index in [9.17, 15) is 14.4 Å². The highest BCUT2D eigenvalue weighted by Gasteiger charge is 2.29. The van der Waals surface area contributed by atoms with Crippen molar-refractivity contribution >= 4 is 29.7 Å². The number of nitrogens with zero attached hydrogens (tertiary/aromatic N) is 1. The molecule has 6 nitrogen and oxygen atoms in total. The number of hydrogen-bond donors (Lipinski definition) is 2. The van der Waals surface area contributed by atoms with Gasteiger partial charge in [0.15, 0.2) is 0 Å². The molecule has 1 saturated heterocycles. The Labute approximate surface area is 116 Å². The number of nitrogens with one attached hydrogen (secondary N) is 1. The van der Waals surface area contributed by atoms with Gasteiger partial charge in [0, 0.05) is 36.4 Å². The van der Waals surface area contributed by atoms with Gasteiger partial charge in [-0.2, -0.15) is 11.8 Å². The van der Waals surface area contributed by atoms with E-state index in [0.29, 0.717) is 11.8 Å². The van der Waals surface area contributed by atoms with Crippen molar-refractivity contribution in [3.05, 3.63) is 0 Å². The molecule has 0 aliphatic carbocycles. The first-order valence-electron chi connectivity index (χ1n) is 6.35. The predicted molar refractivity (Wildman–Crippen MR) is 73.1 cm³/mol. The van der Waals surface area contributed by atoms with Crippen LogP contribution in [0.1, 0.15) is 33.1 Å². The first kappa shape index (κ1) is 15.8. The van der Waals surface area contributed by atoms with Gasteiger partial charge < -0.3 is 10.0 Å². The normalized spacial score (nSPS) is 22.9. The molecule has 1 fully saturated rings. The van der Waals surface area contributed by atoms with Crippen LogP contribution in [-0.4, -0.2) is 51.5 Å². The first-order valence-corrected chi connectivity index (χ1v) is 7.40. The van der Waals surface area contributed by atoms with Crippen LogP contribution < -0.4 is 5.32 Å². The lowest BCUT2D eigenvalue weighted by Crippen LogP contribution is -2.53. The van der Waals surface area contributed by atoms with Crippen LogP contribution in [0.5, 0.6) is 0 Å². The van der Waals surface area contributed by atoms with E-state index in [0.717, 1.165) is 5.75 Å². The van der Waals surface area contributed by atoms with Crippen LogP contribution in [0.2, 0.25) is 0 Å². The molecule has 0 aromatic carbocycles.